The molecule has 30 heavy (non-hydrogen) atoms. The van der Waals surface area contributed by atoms with Crippen LogP contribution in [0.4, 0.5) is 11.5 Å². The Morgan fingerprint density at radius 3 is 2.83 bits per heavy atom. The maximum absolute atomic E-state index is 12.0. The van der Waals surface area contributed by atoms with Gasteiger partial charge in [0.25, 0.3) is 0 Å². The van der Waals surface area contributed by atoms with Crippen LogP contribution in [0.15, 0.2) is 46.5 Å². The molecule has 0 radical (unpaired) electrons. The van der Waals surface area contributed by atoms with Crippen molar-refractivity contribution in [2.45, 2.75) is 26.3 Å². The third kappa shape index (κ3) is 5.57. The number of halogens is 1. The summed E-state index contributed by atoms with van der Waals surface area (Å²) in [6.45, 7) is 4.11. The molecule has 0 unspecified atom stereocenters. The van der Waals surface area contributed by atoms with Crippen LogP contribution < -0.4 is 10.6 Å². The van der Waals surface area contributed by atoms with Crippen molar-refractivity contribution in [2.75, 3.05) is 30.3 Å². The summed E-state index contributed by atoms with van der Waals surface area (Å²) in [5.74, 6) is 0.589. The normalized spacial score (nSPS) is 15.2. The standard InChI is InChI=1S/C22H26ClN5O2/c1-2-30-22(29)16-8-11-28(12-9-16)21-18(20(24)7-10-27-21)14-26-15-25-13-17-5-3-4-6-19(17)23/h3-7,10,14-16H,2,8-9,11-13H2,1H3,(H2,24,27). The Kier molecular flexibility index (Phi) is 7.79. The maximum Gasteiger partial charge on any atom is 0.309 e. The van der Waals surface area contributed by atoms with Gasteiger partial charge in [-0.05, 0) is 37.5 Å². The number of esters is 1. The van der Waals surface area contributed by atoms with Crippen LogP contribution in [-0.4, -0.2) is 43.2 Å². The van der Waals surface area contributed by atoms with Crippen molar-refractivity contribution in [3.05, 3.63) is 52.7 Å². The van der Waals surface area contributed by atoms with Crippen molar-refractivity contribution in [1.29, 1.82) is 0 Å². The van der Waals surface area contributed by atoms with E-state index in [2.05, 4.69) is 19.9 Å². The van der Waals surface area contributed by atoms with Crippen LogP contribution in [0.25, 0.3) is 0 Å². The Hall–Kier alpha value is -2.93. The average Bonchev–Trinajstić information content (AvgIpc) is 2.76. The molecule has 7 nitrogen and oxygen atoms in total. The molecule has 0 amide bonds. The van der Waals surface area contributed by atoms with E-state index in [4.69, 9.17) is 22.1 Å². The number of aromatic nitrogens is 1. The summed E-state index contributed by atoms with van der Waals surface area (Å²) >= 11 is 6.14. The van der Waals surface area contributed by atoms with Gasteiger partial charge in [-0.1, -0.05) is 29.8 Å². The Labute approximate surface area is 181 Å². The summed E-state index contributed by atoms with van der Waals surface area (Å²) in [7, 11) is 0. The number of aliphatic imine (C=N–C) groups is 2. The van der Waals surface area contributed by atoms with Crippen molar-refractivity contribution in [3.63, 3.8) is 0 Å². The number of piperidine rings is 1. The summed E-state index contributed by atoms with van der Waals surface area (Å²) in [6.07, 6.45) is 6.30. The van der Waals surface area contributed by atoms with Gasteiger partial charge in [0, 0.05) is 36.2 Å². The van der Waals surface area contributed by atoms with Crippen LogP contribution in [-0.2, 0) is 16.1 Å². The Morgan fingerprint density at radius 1 is 1.33 bits per heavy atom. The molecule has 2 heterocycles. The SMILES string of the molecule is CCOC(=O)C1CCN(c2nccc(N)c2C=NC=NCc2ccccc2Cl)CC1. The summed E-state index contributed by atoms with van der Waals surface area (Å²) in [5, 5.41) is 0.684. The van der Waals surface area contributed by atoms with Gasteiger partial charge in [0.15, 0.2) is 0 Å². The highest BCUT2D eigenvalue weighted by Crippen LogP contribution is 2.27. The number of hydrogen-bond donors (Lipinski definition) is 1. The molecule has 2 aromatic rings. The number of nitrogens with zero attached hydrogens (tertiary/aromatic N) is 4. The molecule has 1 aliphatic heterocycles. The van der Waals surface area contributed by atoms with Gasteiger partial charge in [0.2, 0.25) is 0 Å². The first-order valence-electron chi connectivity index (χ1n) is 10.0. The van der Waals surface area contributed by atoms with E-state index in [1.807, 2.05) is 31.2 Å². The molecule has 1 fully saturated rings. The molecule has 3 rings (SSSR count). The molecule has 0 aliphatic carbocycles. The molecule has 0 spiro atoms. The number of rotatable bonds is 7. The van der Waals surface area contributed by atoms with Crippen LogP contribution in [0.3, 0.4) is 0 Å². The van der Waals surface area contributed by atoms with Gasteiger partial charge in [0.05, 0.1) is 24.6 Å². The van der Waals surface area contributed by atoms with Crippen LogP contribution >= 0.6 is 11.6 Å². The lowest BCUT2D eigenvalue weighted by Crippen LogP contribution is -2.38. The van der Waals surface area contributed by atoms with Gasteiger partial charge >= 0.3 is 5.97 Å². The highest BCUT2D eigenvalue weighted by atomic mass is 35.5. The average molecular weight is 428 g/mol. The number of ether oxygens (including phenoxy) is 1. The predicted molar refractivity (Wildman–Crippen MR) is 121 cm³/mol. The molecular weight excluding hydrogens is 402 g/mol. The van der Waals surface area contributed by atoms with Crippen LogP contribution in [0, 0.1) is 5.92 Å². The monoisotopic (exact) mass is 427 g/mol. The summed E-state index contributed by atoms with van der Waals surface area (Å²) < 4.78 is 5.14. The molecule has 1 aromatic carbocycles. The minimum atomic E-state index is -0.116. The number of hydrogen-bond acceptors (Lipinski definition) is 6. The van der Waals surface area contributed by atoms with E-state index in [1.54, 1.807) is 18.5 Å². The van der Waals surface area contributed by atoms with Crippen LogP contribution in [0.5, 0.6) is 0 Å². The van der Waals surface area contributed by atoms with Crippen molar-refractivity contribution >= 4 is 41.6 Å². The zero-order valence-corrected chi connectivity index (χ0v) is 17.8. The van der Waals surface area contributed by atoms with E-state index in [1.165, 1.54) is 6.34 Å². The molecule has 1 aliphatic rings. The first kappa shape index (κ1) is 21.8. The lowest BCUT2D eigenvalue weighted by Gasteiger charge is -2.32. The largest absolute Gasteiger partial charge is 0.466 e. The lowest BCUT2D eigenvalue weighted by atomic mass is 9.96. The third-order valence-electron chi connectivity index (χ3n) is 4.99. The topological polar surface area (TPSA) is 93.2 Å². The first-order chi connectivity index (χ1) is 14.6. The Morgan fingerprint density at radius 2 is 2.10 bits per heavy atom. The van der Waals surface area contributed by atoms with Gasteiger partial charge in [-0.3, -0.25) is 9.79 Å². The number of nitrogen functional groups attached to an aromatic ring is 1. The summed E-state index contributed by atoms with van der Waals surface area (Å²) in [4.78, 5) is 27.2. The Balaban J connectivity index is 1.65. The lowest BCUT2D eigenvalue weighted by molar-refractivity contribution is -0.148. The van der Waals surface area contributed by atoms with E-state index >= 15 is 0 Å². The molecule has 2 N–H and O–H groups in total. The molecule has 0 saturated carbocycles. The number of carbonyl (C=O) groups excluding carboxylic acids is 1. The number of pyridine rings is 1. The first-order valence-corrected chi connectivity index (χ1v) is 10.4. The second-order valence-electron chi connectivity index (χ2n) is 6.98. The van der Waals surface area contributed by atoms with Gasteiger partial charge < -0.3 is 15.4 Å². The van der Waals surface area contributed by atoms with Crippen molar-refractivity contribution in [2.24, 2.45) is 15.9 Å². The van der Waals surface area contributed by atoms with E-state index < -0.39 is 0 Å². The molecule has 0 atom stereocenters. The maximum atomic E-state index is 12.0. The number of nitrogens with two attached hydrogens (primary N) is 1. The van der Waals surface area contributed by atoms with Crippen molar-refractivity contribution in [1.82, 2.24) is 4.98 Å². The highest BCUT2D eigenvalue weighted by Gasteiger charge is 2.27. The third-order valence-corrected chi connectivity index (χ3v) is 5.36. The highest BCUT2D eigenvalue weighted by molar-refractivity contribution is 6.31. The molecule has 158 valence electrons. The van der Waals surface area contributed by atoms with E-state index in [9.17, 15) is 4.79 Å². The minimum absolute atomic E-state index is 0.0590. The van der Waals surface area contributed by atoms with Gasteiger partial charge in [-0.2, -0.15) is 0 Å². The van der Waals surface area contributed by atoms with E-state index in [0.29, 0.717) is 37.0 Å². The van der Waals surface area contributed by atoms with Gasteiger partial charge in [0.1, 0.15) is 12.2 Å². The van der Waals surface area contributed by atoms with Gasteiger partial charge in [-0.25, -0.2) is 9.98 Å². The zero-order chi connectivity index (χ0) is 21.3. The molecular formula is C22H26ClN5O2. The predicted octanol–water partition coefficient (Wildman–Crippen LogP) is 3.74. The Bertz CT molecular complexity index is 923. The molecule has 0 bridgehead atoms. The summed E-state index contributed by atoms with van der Waals surface area (Å²) in [5.41, 5.74) is 8.46. The molecule has 1 aromatic heterocycles. The smallest absolute Gasteiger partial charge is 0.309 e. The fourth-order valence-corrected chi connectivity index (χ4v) is 3.56. The zero-order valence-electron chi connectivity index (χ0n) is 17.0. The van der Waals surface area contributed by atoms with E-state index in [0.717, 1.165) is 29.8 Å². The second kappa shape index (κ2) is 10.7. The second-order valence-corrected chi connectivity index (χ2v) is 7.38. The fraction of sp³-hybridized carbons (Fsp3) is 0.364. The van der Waals surface area contributed by atoms with Crippen molar-refractivity contribution < 1.29 is 9.53 Å². The summed E-state index contributed by atoms with van der Waals surface area (Å²) in [6, 6.07) is 9.32. The van der Waals surface area contributed by atoms with E-state index in [-0.39, 0.29) is 11.9 Å². The molecule has 8 heteroatoms. The molecule has 1 saturated heterocycles. The quantitative estimate of drug-likeness (QED) is 0.412. The fourth-order valence-electron chi connectivity index (χ4n) is 3.37. The van der Waals surface area contributed by atoms with Crippen molar-refractivity contribution in [3.8, 4) is 0 Å². The van der Waals surface area contributed by atoms with Crippen LogP contribution in [0.1, 0.15) is 30.9 Å². The minimum Gasteiger partial charge on any atom is -0.466 e. The van der Waals surface area contributed by atoms with Crippen LogP contribution in [0.2, 0.25) is 5.02 Å². The van der Waals surface area contributed by atoms with Gasteiger partial charge in [-0.15, -0.1) is 0 Å². The number of anilines is 2. The number of carbonyl (C=O) groups is 1. The number of benzene rings is 1.